The molecule has 0 aliphatic rings. The van der Waals surface area contributed by atoms with Crippen LogP contribution in [0.15, 0.2) is 24.3 Å². The lowest BCUT2D eigenvalue weighted by Gasteiger charge is -2.34. The van der Waals surface area contributed by atoms with Gasteiger partial charge >= 0.3 is 11.9 Å². The lowest BCUT2D eigenvalue weighted by molar-refractivity contribution is -0.889. The maximum absolute atomic E-state index is 12.8. The zero-order valence-electron chi connectivity index (χ0n) is 43.7. The highest BCUT2D eigenvalue weighted by Gasteiger charge is 2.25. The summed E-state index contributed by atoms with van der Waals surface area (Å²) in [6, 6.07) is -0.724. The Hall–Kier alpha value is -2.19. The lowest BCUT2D eigenvalue weighted by atomic mass is 10.0. The molecule has 0 saturated heterocycles. The summed E-state index contributed by atoms with van der Waals surface area (Å²) in [4.78, 5) is 37.1. The molecule has 382 valence electrons. The van der Waals surface area contributed by atoms with Crippen LogP contribution in [0.25, 0.3) is 0 Å². The fraction of sp³-hybridized carbons (Fsp3) is 0.877. The number of aliphatic carboxylic acids is 1. The number of carboxylic acids is 1. The van der Waals surface area contributed by atoms with E-state index in [4.69, 9.17) is 14.2 Å². The van der Waals surface area contributed by atoms with Crippen LogP contribution in [0.4, 0.5) is 0 Å². The van der Waals surface area contributed by atoms with Gasteiger partial charge in [0.1, 0.15) is 12.6 Å². The van der Waals surface area contributed by atoms with E-state index in [1.54, 1.807) is 0 Å². The van der Waals surface area contributed by atoms with Crippen molar-refractivity contribution in [3.63, 3.8) is 0 Å². The molecule has 2 atom stereocenters. The van der Waals surface area contributed by atoms with Crippen LogP contribution in [0.2, 0.25) is 0 Å². The Labute approximate surface area is 402 Å². The number of rotatable bonds is 51. The van der Waals surface area contributed by atoms with Crippen molar-refractivity contribution in [2.45, 2.75) is 283 Å². The van der Waals surface area contributed by atoms with Gasteiger partial charge in [-0.05, 0) is 38.5 Å². The third-order valence-corrected chi connectivity index (χ3v) is 12.9. The molecule has 0 amide bonds. The Kier molecular flexibility index (Phi) is 46.6. The van der Waals surface area contributed by atoms with Crippen LogP contribution in [-0.4, -0.2) is 75.5 Å². The van der Waals surface area contributed by atoms with Gasteiger partial charge in [-0.3, -0.25) is 9.59 Å². The number of likely N-dealkylation sites (N-methyl/N-ethyl adjacent to an activating group) is 1. The topological polar surface area (TPSA) is 102 Å². The quantitative estimate of drug-likeness (QED) is 0.0259. The zero-order chi connectivity index (χ0) is 47.7. The maximum Gasteiger partial charge on any atom is 0.306 e. The molecule has 0 radical (unpaired) electrons. The molecule has 8 heteroatoms. The van der Waals surface area contributed by atoms with Crippen molar-refractivity contribution in [1.29, 1.82) is 0 Å². The van der Waals surface area contributed by atoms with E-state index in [9.17, 15) is 19.5 Å². The van der Waals surface area contributed by atoms with Crippen LogP contribution < -0.4 is 5.11 Å². The number of nitrogens with zero attached hydrogens (tertiary/aromatic N) is 1. The first-order valence-corrected chi connectivity index (χ1v) is 27.9. The number of allylic oxidation sites excluding steroid dienone is 4. The summed E-state index contributed by atoms with van der Waals surface area (Å²) < 4.78 is 17.3. The number of hydrogen-bond donors (Lipinski definition) is 0. The van der Waals surface area contributed by atoms with Crippen molar-refractivity contribution < 1.29 is 38.2 Å². The Morgan fingerprint density at radius 2 is 0.800 bits per heavy atom. The third kappa shape index (κ3) is 46.7. The number of carbonyl (C=O) groups excluding carboxylic acids is 3. The number of carbonyl (C=O) groups is 3. The summed E-state index contributed by atoms with van der Waals surface area (Å²) in [5.74, 6) is -1.72. The first-order chi connectivity index (χ1) is 31.6. The van der Waals surface area contributed by atoms with E-state index in [0.29, 0.717) is 12.8 Å². The van der Waals surface area contributed by atoms with Gasteiger partial charge in [0.2, 0.25) is 0 Å². The van der Waals surface area contributed by atoms with Crippen molar-refractivity contribution >= 4 is 17.9 Å². The van der Waals surface area contributed by atoms with Crippen molar-refractivity contribution in [2.75, 3.05) is 41.0 Å². The van der Waals surface area contributed by atoms with E-state index in [-0.39, 0.29) is 42.7 Å². The van der Waals surface area contributed by atoms with Gasteiger partial charge in [0.25, 0.3) is 0 Å². The molecule has 0 heterocycles. The van der Waals surface area contributed by atoms with Gasteiger partial charge in [-0.15, -0.1) is 0 Å². The zero-order valence-corrected chi connectivity index (χ0v) is 43.7. The summed E-state index contributed by atoms with van der Waals surface area (Å²) in [6.45, 7) is 4.69. The highest BCUT2D eigenvalue weighted by atomic mass is 16.6. The predicted octanol–water partition coefficient (Wildman–Crippen LogP) is 15.0. The molecule has 0 aliphatic carbocycles. The predicted molar refractivity (Wildman–Crippen MR) is 273 cm³/mol. The van der Waals surface area contributed by atoms with E-state index < -0.39 is 18.1 Å². The molecule has 0 fully saturated rings. The maximum atomic E-state index is 12.8. The summed E-state index contributed by atoms with van der Waals surface area (Å²) in [5.41, 5.74) is 0. The summed E-state index contributed by atoms with van der Waals surface area (Å²) >= 11 is 0. The Balaban J connectivity index is 4.16. The van der Waals surface area contributed by atoms with Crippen molar-refractivity contribution in [2.24, 2.45) is 0 Å². The largest absolute Gasteiger partial charge is 0.544 e. The van der Waals surface area contributed by atoms with E-state index in [2.05, 4.69) is 38.2 Å². The average Bonchev–Trinajstić information content (AvgIpc) is 3.27. The molecule has 0 rings (SSSR count). The number of esters is 2. The molecule has 0 spiro atoms. The Morgan fingerprint density at radius 1 is 0.462 bits per heavy atom. The average molecular weight is 918 g/mol. The molecule has 65 heavy (non-hydrogen) atoms. The van der Waals surface area contributed by atoms with Crippen LogP contribution in [0, 0.1) is 0 Å². The second kappa shape index (κ2) is 48.3. The van der Waals surface area contributed by atoms with E-state index >= 15 is 0 Å². The number of quaternary nitrogens is 1. The minimum Gasteiger partial charge on any atom is -0.544 e. The number of ether oxygens (including phenoxy) is 3. The number of hydrogen-bond acceptors (Lipinski definition) is 7. The molecular weight excluding hydrogens is 811 g/mol. The van der Waals surface area contributed by atoms with Gasteiger partial charge in [0.15, 0.2) is 6.10 Å². The van der Waals surface area contributed by atoms with Gasteiger partial charge in [0.05, 0.1) is 40.3 Å². The number of unbranched alkanes of at least 4 members (excludes halogenated alkanes) is 34. The van der Waals surface area contributed by atoms with Gasteiger partial charge in [-0.1, -0.05) is 237 Å². The molecule has 0 aromatic rings. The molecule has 0 aromatic carbocycles. The molecule has 0 N–H and O–H groups in total. The summed E-state index contributed by atoms with van der Waals surface area (Å²) in [7, 11) is 5.43. The standard InChI is InChI=1S/C57H107NO7/c1-6-8-10-12-14-16-18-20-22-24-26-28-30-31-33-35-37-39-41-43-45-47-55(59)64-52-53(51-63-50-49-54(57(61)62)58(3,4)5)65-56(60)48-46-44-42-40-38-36-34-32-29-27-25-23-21-19-17-15-13-11-9-7-2/h17,19,21,23,53-54H,6-16,18,20,22,24-52H2,1-5H3/b19-17+,23-21+. The normalized spacial score (nSPS) is 12.9. The van der Waals surface area contributed by atoms with Gasteiger partial charge < -0.3 is 28.6 Å². The van der Waals surface area contributed by atoms with Crippen LogP contribution >= 0.6 is 0 Å². The fourth-order valence-corrected chi connectivity index (χ4v) is 8.54. The monoisotopic (exact) mass is 918 g/mol. The lowest BCUT2D eigenvalue weighted by Crippen LogP contribution is -2.55. The first kappa shape index (κ1) is 62.8. The van der Waals surface area contributed by atoms with Crippen LogP contribution in [-0.2, 0) is 28.6 Å². The molecule has 0 bridgehead atoms. The van der Waals surface area contributed by atoms with Crippen molar-refractivity contribution in [3.05, 3.63) is 24.3 Å². The number of carboxylic acid groups (broad SMARTS) is 1. The summed E-state index contributed by atoms with van der Waals surface area (Å²) in [5, 5.41) is 11.7. The molecular formula is C57H107NO7. The van der Waals surface area contributed by atoms with E-state index in [0.717, 1.165) is 38.5 Å². The highest BCUT2D eigenvalue weighted by Crippen LogP contribution is 2.17. The first-order valence-electron chi connectivity index (χ1n) is 27.9. The van der Waals surface area contributed by atoms with Crippen LogP contribution in [0.1, 0.15) is 271 Å². The smallest absolute Gasteiger partial charge is 0.306 e. The summed E-state index contributed by atoms with van der Waals surface area (Å²) in [6.07, 6.45) is 56.4. The minimum atomic E-state index is -1.12. The third-order valence-electron chi connectivity index (χ3n) is 12.9. The molecule has 0 aromatic heterocycles. The second-order valence-corrected chi connectivity index (χ2v) is 20.2. The molecule has 2 unspecified atom stereocenters. The SMILES string of the molecule is CCCCCC/C=C/C=C/CCCCCCCCCCCCC(=O)OC(COCCC(C(=O)[O-])[N+](C)(C)C)COC(=O)CCCCCCCCCCCCCCCCCCCCCCC. The van der Waals surface area contributed by atoms with E-state index in [1.165, 1.54) is 199 Å². The Bertz CT molecular complexity index is 1120. The Morgan fingerprint density at radius 3 is 1.17 bits per heavy atom. The van der Waals surface area contributed by atoms with E-state index in [1.807, 2.05) is 21.1 Å². The fourth-order valence-electron chi connectivity index (χ4n) is 8.54. The molecule has 0 aliphatic heterocycles. The minimum absolute atomic E-state index is 0.0442. The highest BCUT2D eigenvalue weighted by molar-refractivity contribution is 5.70. The second-order valence-electron chi connectivity index (χ2n) is 20.2. The van der Waals surface area contributed by atoms with Gasteiger partial charge in [0, 0.05) is 19.3 Å². The van der Waals surface area contributed by atoms with Gasteiger partial charge in [-0.25, -0.2) is 0 Å². The van der Waals surface area contributed by atoms with Crippen molar-refractivity contribution in [3.8, 4) is 0 Å². The van der Waals surface area contributed by atoms with Crippen molar-refractivity contribution in [1.82, 2.24) is 0 Å². The molecule has 8 nitrogen and oxygen atoms in total. The van der Waals surface area contributed by atoms with Crippen LogP contribution in [0.3, 0.4) is 0 Å². The van der Waals surface area contributed by atoms with Crippen LogP contribution in [0.5, 0.6) is 0 Å². The van der Waals surface area contributed by atoms with Gasteiger partial charge in [-0.2, -0.15) is 0 Å². The molecule has 0 saturated carbocycles.